The van der Waals surface area contributed by atoms with Gasteiger partial charge in [0, 0.05) is 6.04 Å². The summed E-state index contributed by atoms with van der Waals surface area (Å²) < 4.78 is 0. The van der Waals surface area contributed by atoms with Crippen LogP contribution < -0.4 is 5.32 Å². The molecule has 0 amide bonds. The van der Waals surface area contributed by atoms with Crippen molar-refractivity contribution in [1.82, 2.24) is 5.32 Å². The smallest absolute Gasteiger partial charge is 0.0121 e. The Balaban J connectivity index is 1.95. The summed E-state index contributed by atoms with van der Waals surface area (Å²) >= 11 is 0. The zero-order chi connectivity index (χ0) is 13.1. The van der Waals surface area contributed by atoms with E-state index in [9.17, 15) is 0 Å². The molecule has 106 valence electrons. The maximum Gasteiger partial charge on any atom is 0.0121 e. The number of nitrogens with one attached hydrogen (secondary N) is 1. The SMILES string of the molecule is CCC1CCC(C(NC)C2CC(C)CC(C)C2)C1. The summed E-state index contributed by atoms with van der Waals surface area (Å²) in [7, 11) is 2.20. The molecule has 5 atom stereocenters. The molecule has 18 heavy (non-hydrogen) atoms. The number of hydrogen-bond donors (Lipinski definition) is 1. The van der Waals surface area contributed by atoms with Crippen LogP contribution in [0.5, 0.6) is 0 Å². The predicted octanol–water partition coefficient (Wildman–Crippen LogP) is 4.47. The molecule has 0 aromatic rings. The summed E-state index contributed by atoms with van der Waals surface area (Å²) in [6.45, 7) is 7.28. The first-order chi connectivity index (χ1) is 8.63. The first kappa shape index (κ1) is 14.4. The molecule has 0 aromatic carbocycles. The van der Waals surface area contributed by atoms with Crippen LogP contribution in [0.15, 0.2) is 0 Å². The van der Waals surface area contributed by atoms with Crippen LogP contribution in [0.4, 0.5) is 0 Å². The van der Waals surface area contributed by atoms with E-state index in [1.54, 1.807) is 0 Å². The zero-order valence-corrected chi connectivity index (χ0v) is 12.9. The quantitative estimate of drug-likeness (QED) is 0.777. The summed E-state index contributed by atoms with van der Waals surface area (Å²) in [5.41, 5.74) is 0. The van der Waals surface area contributed by atoms with Crippen molar-refractivity contribution in [2.75, 3.05) is 7.05 Å². The van der Waals surface area contributed by atoms with Crippen LogP contribution >= 0.6 is 0 Å². The second kappa shape index (κ2) is 6.41. The van der Waals surface area contributed by atoms with Gasteiger partial charge in [0.2, 0.25) is 0 Å². The van der Waals surface area contributed by atoms with Crippen molar-refractivity contribution in [2.24, 2.45) is 29.6 Å². The van der Waals surface area contributed by atoms with Crippen LogP contribution in [0, 0.1) is 29.6 Å². The molecule has 0 spiro atoms. The summed E-state index contributed by atoms with van der Waals surface area (Å²) in [4.78, 5) is 0. The number of rotatable bonds is 4. The lowest BCUT2D eigenvalue weighted by Gasteiger charge is -2.39. The third-order valence-corrected chi connectivity index (χ3v) is 5.72. The Morgan fingerprint density at radius 1 is 0.944 bits per heavy atom. The van der Waals surface area contributed by atoms with Crippen molar-refractivity contribution >= 4 is 0 Å². The molecule has 2 aliphatic carbocycles. The highest BCUT2D eigenvalue weighted by atomic mass is 14.9. The third kappa shape index (κ3) is 3.29. The second-order valence-electron chi connectivity index (χ2n) is 7.34. The van der Waals surface area contributed by atoms with E-state index in [1.165, 1.54) is 44.9 Å². The summed E-state index contributed by atoms with van der Waals surface area (Å²) in [5, 5.41) is 3.70. The molecule has 0 aromatic heterocycles. The van der Waals surface area contributed by atoms with Crippen LogP contribution in [0.1, 0.15) is 65.7 Å². The van der Waals surface area contributed by atoms with E-state index in [1.807, 2.05) is 0 Å². The van der Waals surface area contributed by atoms with E-state index in [4.69, 9.17) is 0 Å². The van der Waals surface area contributed by atoms with Gasteiger partial charge in [-0.3, -0.25) is 0 Å². The summed E-state index contributed by atoms with van der Waals surface area (Å²) in [6.07, 6.45) is 10.2. The average Bonchev–Trinajstić information content (AvgIpc) is 2.77. The Kier molecular flexibility index (Phi) is 5.12. The molecule has 0 aliphatic heterocycles. The molecule has 1 nitrogen and oxygen atoms in total. The molecule has 2 saturated carbocycles. The van der Waals surface area contributed by atoms with Gasteiger partial charge in [-0.1, -0.05) is 33.6 Å². The van der Waals surface area contributed by atoms with Crippen molar-refractivity contribution < 1.29 is 0 Å². The van der Waals surface area contributed by atoms with Gasteiger partial charge in [0.1, 0.15) is 0 Å². The van der Waals surface area contributed by atoms with Gasteiger partial charge in [-0.2, -0.15) is 0 Å². The van der Waals surface area contributed by atoms with E-state index in [0.29, 0.717) is 0 Å². The van der Waals surface area contributed by atoms with Crippen LogP contribution in [0.2, 0.25) is 0 Å². The van der Waals surface area contributed by atoms with Crippen LogP contribution in [-0.4, -0.2) is 13.1 Å². The van der Waals surface area contributed by atoms with E-state index in [-0.39, 0.29) is 0 Å². The van der Waals surface area contributed by atoms with Gasteiger partial charge >= 0.3 is 0 Å². The first-order valence-electron chi connectivity index (χ1n) is 8.31. The van der Waals surface area contributed by atoms with Crippen molar-refractivity contribution in [3.05, 3.63) is 0 Å². The minimum Gasteiger partial charge on any atom is -0.316 e. The lowest BCUT2D eigenvalue weighted by molar-refractivity contribution is 0.147. The van der Waals surface area contributed by atoms with Crippen molar-refractivity contribution in [3.8, 4) is 0 Å². The largest absolute Gasteiger partial charge is 0.316 e. The topological polar surface area (TPSA) is 12.0 Å². The van der Waals surface area contributed by atoms with Gasteiger partial charge in [-0.25, -0.2) is 0 Å². The molecule has 0 bridgehead atoms. The highest BCUT2D eigenvalue weighted by molar-refractivity contribution is 4.90. The van der Waals surface area contributed by atoms with Crippen LogP contribution in [-0.2, 0) is 0 Å². The van der Waals surface area contributed by atoms with Crippen molar-refractivity contribution in [3.63, 3.8) is 0 Å². The molecule has 0 heterocycles. The third-order valence-electron chi connectivity index (χ3n) is 5.72. The monoisotopic (exact) mass is 251 g/mol. The molecule has 2 aliphatic rings. The molecular weight excluding hydrogens is 218 g/mol. The average molecular weight is 251 g/mol. The van der Waals surface area contributed by atoms with Gasteiger partial charge in [0.05, 0.1) is 0 Å². The minimum absolute atomic E-state index is 0.798. The highest BCUT2D eigenvalue weighted by Gasteiger charge is 2.36. The molecule has 5 unspecified atom stereocenters. The summed E-state index contributed by atoms with van der Waals surface area (Å²) in [6, 6.07) is 0.798. The maximum absolute atomic E-state index is 3.70. The van der Waals surface area contributed by atoms with Crippen molar-refractivity contribution in [1.29, 1.82) is 0 Å². The van der Waals surface area contributed by atoms with E-state index in [2.05, 4.69) is 33.1 Å². The van der Waals surface area contributed by atoms with Gasteiger partial charge in [0.25, 0.3) is 0 Å². The summed E-state index contributed by atoms with van der Waals surface area (Å²) in [5.74, 6) is 4.80. The molecular formula is C17H33N. The fraction of sp³-hybridized carbons (Fsp3) is 1.00. The Morgan fingerprint density at radius 3 is 2.11 bits per heavy atom. The molecule has 2 rings (SSSR count). The van der Waals surface area contributed by atoms with E-state index >= 15 is 0 Å². The highest BCUT2D eigenvalue weighted by Crippen LogP contribution is 2.42. The Bertz CT molecular complexity index is 240. The van der Waals surface area contributed by atoms with Crippen LogP contribution in [0.3, 0.4) is 0 Å². The second-order valence-corrected chi connectivity index (χ2v) is 7.34. The van der Waals surface area contributed by atoms with Crippen LogP contribution in [0.25, 0.3) is 0 Å². The Labute approximate surface area is 114 Å². The number of hydrogen-bond acceptors (Lipinski definition) is 1. The van der Waals surface area contributed by atoms with Gasteiger partial charge in [0.15, 0.2) is 0 Å². The fourth-order valence-electron chi connectivity index (χ4n) is 4.97. The molecule has 1 N–H and O–H groups in total. The molecule has 1 heteroatoms. The van der Waals surface area contributed by atoms with Gasteiger partial charge < -0.3 is 5.32 Å². The molecule has 2 fully saturated rings. The van der Waals surface area contributed by atoms with E-state index in [0.717, 1.165) is 35.6 Å². The Hall–Kier alpha value is -0.0400. The van der Waals surface area contributed by atoms with Gasteiger partial charge in [-0.15, -0.1) is 0 Å². The standard InChI is InChI=1S/C17H33N/c1-5-14-6-7-15(11-14)17(18-4)16-9-12(2)8-13(3)10-16/h12-18H,5-11H2,1-4H3. The molecule has 0 saturated heterocycles. The first-order valence-corrected chi connectivity index (χ1v) is 8.31. The van der Waals surface area contributed by atoms with E-state index < -0.39 is 0 Å². The lowest BCUT2D eigenvalue weighted by atomic mass is 9.71. The fourth-order valence-corrected chi connectivity index (χ4v) is 4.97. The lowest BCUT2D eigenvalue weighted by Crippen LogP contribution is -2.42. The van der Waals surface area contributed by atoms with Crippen molar-refractivity contribution in [2.45, 2.75) is 71.8 Å². The maximum atomic E-state index is 3.70. The van der Waals surface area contributed by atoms with Gasteiger partial charge in [-0.05, 0) is 68.7 Å². The molecule has 0 radical (unpaired) electrons. The zero-order valence-electron chi connectivity index (χ0n) is 12.9. The predicted molar refractivity (Wildman–Crippen MR) is 79.6 cm³/mol. The Morgan fingerprint density at radius 2 is 1.61 bits per heavy atom. The minimum atomic E-state index is 0.798. The normalized spacial score (nSPS) is 43.0.